The SMILES string of the molecule is CCOc1cc([C@@H]2NC(=O)NC(C)=C2C(=O)OC)ccc1OC[C@@H](O)N/N=C/c1cc(Cl)ccc1OC. The molecule has 1 aliphatic heterocycles. The number of allylic oxidation sites excluding steroid dienone is 1. The Labute approximate surface area is 219 Å². The van der Waals surface area contributed by atoms with Crippen molar-refractivity contribution < 1.29 is 33.6 Å². The molecule has 2 aromatic carbocycles. The number of urea groups is 1. The molecular weight excluding hydrogens is 504 g/mol. The Balaban J connectivity index is 1.72. The first-order chi connectivity index (χ1) is 17.8. The van der Waals surface area contributed by atoms with E-state index in [-0.39, 0.29) is 12.2 Å². The molecule has 0 bridgehead atoms. The third-order valence-corrected chi connectivity index (χ3v) is 5.53. The highest BCUT2D eigenvalue weighted by Crippen LogP contribution is 2.35. The van der Waals surface area contributed by atoms with Crippen LogP contribution in [0.15, 0.2) is 52.8 Å². The number of benzene rings is 2. The molecule has 0 spiro atoms. The zero-order valence-electron chi connectivity index (χ0n) is 20.8. The molecule has 0 radical (unpaired) electrons. The molecule has 2 atom stereocenters. The van der Waals surface area contributed by atoms with Gasteiger partial charge >= 0.3 is 12.0 Å². The number of halogens is 1. The van der Waals surface area contributed by atoms with E-state index in [9.17, 15) is 14.7 Å². The molecule has 3 rings (SSSR count). The molecule has 0 fully saturated rings. The largest absolute Gasteiger partial charge is 0.496 e. The number of ether oxygens (including phenoxy) is 4. The van der Waals surface area contributed by atoms with Crippen molar-refractivity contribution in [3.05, 3.63) is 63.8 Å². The van der Waals surface area contributed by atoms with Crippen LogP contribution in [0.5, 0.6) is 17.2 Å². The number of rotatable bonds is 11. The van der Waals surface area contributed by atoms with Crippen LogP contribution in [-0.4, -0.2) is 57.0 Å². The number of nitrogens with one attached hydrogen (secondary N) is 3. The predicted molar refractivity (Wildman–Crippen MR) is 137 cm³/mol. The Morgan fingerprint density at radius 2 is 1.95 bits per heavy atom. The molecule has 12 heteroatoms. The summed E-state index contributed by atoms with van der Waals surface area (Å²) >= 11 is 6.01. The smallest absolute Gasteiger partial charge is 0.337 e. The van der Waals surface area contributed by atoms with Crippen LogP contribution < -0.4 is 30.3 Å². The van der Waals surface area contributed by atoms with Gasteiger partial charge in [-0.15, -0.1) is 0 Å². The summed E-state index contributed by atoms with van der Waals surface area (Å²) in [6.07, 6.45) is 0.326. The molecule has 0 aliphatic carbocycles. The van der Waals surface area contributed by atoms with E-state index in [1.807, 2.05) is 6.92 Å². The molecule has 0 saturated carbocycles. The molecule has 37 heavy (non-hydrogen) atoms. The minimum absolute atomic E-state index is 0.153. The Morgan fingerprint density at radius 3 is 2.65 bits per heavy atom. The highest BCUT2D eigenvalue weighted by Gasteiger charge is 2.32. The van der Waals surface area contributed by atoms with E-state index in [0.29, 0.717) is 45.7 Å². The van der Waals surface area contributed by atoms with E-state index >= 15 is 0 Å². The summed E-state index contributed by atoms with van der Waals surface area (Å²) in [5, 5.41) is 20.1. The average molecular weight is 533 g/mol. The Hall–Kier alpha value is -3.96. The first-order valence-corrected chi connectivity index (χ1v) is 11.7. The number of hydrogen-bond acceptors (Lipinski definition) is 9. The fraction of sp³-hybridized carbons (Fsp3) is 0.320. The number of amides is 2. The van der Waals surface area contributed by atoms with Crippen LogP contribution in [0.3, 0.4) is 0 Å². The van der Waals surface area contributed by atoms with Crippen molar-refractivity contribution in [3.8, 4) is 17.2 Å². The molecule has 0 unspecified atom stereocenters. The molecule has 1 aliphatic rings. The zero-order chi connectivity index (χ0) is 26.9. The molecule has 11 nitrogen and oxygen atoms in total. The van der Waals surface area contributed by atoms with Crippen LogP contribution in [0.2, 0.25) is 5.02 Å². The number of carbonyl (C=O) groups excluding carboxylic acids is 2. The molecule has 0 saturated heterocycles. The second-order valence-corrected chi connectivity index (χ2v) is 8.24. The van der Waals surface area contributed by atoms with Crippen molar-refractivity contribution in [1.82, 2.24) is 16.1 Å². The van der Waals surface area contributed by atoms with Gasteiger partial charge in [-0.2, -0.15) is 5.10 Å². The molecule has 198 valence electrons. The summed E-state index contributed by atoms with van der Waals surface area (Å²) in [4.78, 5) is 24.4. The molecule has 2 amide bonds. The van der Waals surface area contributed by atoms with Gasteiger partial charge in [-0.25, -0.2) is 9.59 Å². The number of carbonyl (C=O) groups is 2. The zero-order valence-corrected chi connectivity index (χ0v) is 21.6. The van der Waals surface area contributed by atoms with Crippen molar-refractivity contribution in [2.45, 2.75) is 26.1 Å². The standard InChI is InChI=1S/C25H29ClN4O7/c1-5-36-20-11-15(23-22(24(32)35-4)14(2)28-25(33)29-23)6-8-19(20)37-13-21(31)30-27-12-16-10-17(26)7-9-18(16)34-3/h6-12,21,23,30-31H,5,13H2,1-4H3,(H2,28,29,33)/b27-12+/t21-,23+/m1/s1. The van der Waals surface area contributed by atoms with E-state index in [2.05, 4.69) is 21.2 Å². The molecule has 2 aromatic rings. The molecular formula is C25H29ClN4O7. The van der Waals surface area contributed by atoms with Gasteiger partial charge in [0.15, 0.2) is 17.7 Å². The molecule has 1 heterocycles. The van der Waals surface area contributed by atoms with Gasteiger partial charge in [0.1, 0.15) is 12.4 Å². The lowest BCUT2D eigenvalue weighted by Gasteiger charge is -2.28. The summed E-state index contributed by atoms with van der Waals surface area (Å²) in [7, 11) is 2.80. The predicted octanol–water partition coefficient (Wildman–Crippen LogP) is 2.87. The van der Waals surface area contributed by atoms with Crippen LogP contribution in [0.1, 0.15) is 31.0 Å². The Kier molecular flexibility index (Phi) is 9.58. The maximum Gasteiger partial charge on any atom is 0.337 e. The van der Waals surface area contributed by atoms with Crippen LogP contribution >= 0.6 is 11.6 Å². The van der Waals surface area contributed by atoms with Crippen molar-refractivity contribution in [2.75, 3.05) is 27.4 Å². The summed E-state index contributed by atoms with van der Waals surface area (Å²) in [5.41, 5.74) is 4.45. The van der Waals surface area contributed by atoms with Crippen LogP contribution in [0.25, 0.3) is 0 Å². The van der Waals surface area contributed by atoms with Gasteiger partial charge in [-0.1, -0.05) is 17.7 Å². The fourth-order valence-corrected chi connectivity index (χ4v) is 3.80. The lowest BCUT2D eigenvalue weighted by Crippen LogP contribution is -2.45. The second-order valence-electron chi connectivity index (χ2n) is 7.80. The van der Waals surface area contributed by atoms with Crippen LogP contribution in [-0.2, 0) is 9.53 Å². The van der Waals surface area contributed by atoms with Crippen molar-refractivity contribution in [1.29, 1.82) is 0 Å². The summed E-state index contributed by atoms with van der Waals surface area (Å²) < 4.78 is 21.6. The highest BCUT2D eigenvalue weighted by atomic mass is 35.5. The summed E-state index contributed by atoms with van der Waals surface area (Å²) in [5.74, 6) is 0.729. The maximum absolute atomic E-state index is 12.4. The Bertz CT molecular complexity index is 1200. The van der Waals surface area contributed by atoms with Gasteiger partial charge in [-0.05, 0) is 49.7 Å². The van der Waals surface area contributed by atoms with Gasteiger partial charge < -0.3 is 34.7 Å². The number of aliphatic hydroxyl groups excluding tert-OH is 1. The number of hydrazone groups is 1. The number of aliphatic hydroxyl groups is 1. The second kappa shape index (κ2) is 12.8. The minimum Gasteiger partial charge on any atom is -0.496 e. The van der Waals surface area contributed by atoms with Gasteiger partial charge in [0.25, 0.3) is 0 Å². The van der Waals surface area contributed by atoms with Gasteiger partial charge in [0.05, 0.1) is 38.7 Å². The summed E-state index contributed by atoms with van der Waals surface area (Å²) in [6, 6.07) is 8.87. The highest BCUT2D eigenvalue weighted by molar-refractivity contribution is 6.30. The van der Waals surface area contributed by atoms with Crippen molar-refractivity contribution in [3.63, 3.8) is 0 Å². The first-order valence-electron chi connectivity index (χ1n) is 11.3. The van der Waals surface area contributed by atoms with E-state index in [1.165, 1.54) is 20.4 Å². The van der Waals surface area contributed by atoms with E-state index < -0.39 is 24.3 Å². The Morgan fingerprint density at radius 1 is 1.19 bits per heavy atom. The van der Waals surface area contributed by atoms with E-state index in [1.54, 1.807) is 43.3 Å². The van der Waals surface area contributed by atoms with Crippen LogP contribution in [0.4, 0.5) is 4.79 Å². The quantitative estimate of drug-likeness (QED) is 0.150. The normalized spacial score (nSPS) is 16.1. The topological polar surface area (TPSA) is 140 Å². The molecule has 4 N–H and O–H groups in total. The third kappa shape index (κ3) is 7.05. The van der Waals surface area contributed by atoms with E-state index in [4.69, 9.17) is 30.5 Å². The van der Waals surface area contributed by atoms with Gasteiger partial charge in [0.2, 0.25) is 0 Å². The maximum atomic E-state index is 12.4. The van der Waals surface area contributed by atoms with Gasteiger partial charge in [0, 0.05) is 16.3 Å². The number of esters is 1. The van der Waals surface area contributed by atoms with Crippen LogP contribution in [0, 0.1) is 0 Å². The number of methoxy groups -OCH3 is 2. The average Bonchev–Trinajstić information content (AvgIpc) is 2.87. The third-order valence-electron chi connectivity index (χ3n) is 5.29. The summed E-state index contributed by atoms with van der Waals surface area (Å²) in [6.45, 7) is 3.61. The van der Waals surface area contributed by atoms with Crippen molar-refractivity contribution in [2.24, 2.45) is 5.10 Å². The van der Waals surface area contributed by atoms with E-state index in [0.717, 1.165) is 0 Å². The fourth-order valence-electron chi connectivity index (χ4n) is 3.62. The monoisotopic (exact) mass is 532 g/mol. The van der Waals surface area contributed by atoms with Gasteiger partial charge in [-0.3, -0.25) is 5.43 Å². The lowest BCUT2D eigenvalue weighted by atomic mass is 9.95. The lowest BCUT2D eigenvalue weighted by molar-refractivity contribution is -0.136. The molecule has 0 aromatic heterocycles. The number of hydrogen-bond donors (Lipinski definition) is 4. The minimum atomic E-state index is -1.14. The van der Waals surface area contributed by atoms with Crippen molar-refractivity contribution >= 4 is 29.8 Å². The first kappa shape index (κ1) is 27.6. The number of nitrogens with zero attached hydrogens (tertiary/aromatic N) is 1.